The molecule has 1 aromatic heterocycles. The summed E-state index contributed by atoms with van der Waals surface area (Å²) in [5.74, 6) is 0.191. The van der Waals surface area contributed by atoms with E-state index >= 15 is 0 Å². The van der Waals surface area contributed by atoms with Gasteiger partial charge in [-0.25, -0.2) is 4.98 Å². The van der Waals surface area contributed by atoms with Crippen molar-refractivity contribution in [3.8, 4) is 5.75 Å². The van der Waals surface area contributed by atoms with Gasteiger partial charge in [-0.05, 0) is 43.4 Å². The van der Waals surface area contributed by atoms with Crippen LogP contribution in [0.5, 0.6) is 5.75 Å². The van der Waals surface area contributed by atoms with Crippen molar-refractivity contribution in [2.24, 2.45) is 0 Å². The normalized spacial score (nSPS) is 10.4. The monoisotopic (exact) mass is 307 g/mol. The van der Waals surface area contributed by atoms with E-state index in [1.807, 2.05) is 13.8 Å². The molecule has 7 nitrogen and oxygen atoms in total. The second-order valence-electron chi connectivity index (χ2n) is 4.41. The van der Waals surface area contributed by atoms with E-state index in [1.54, 1.807) is 24.3 Å². The lowest BCUT2D eigenvalue weighted by Crippen LogP contribution is -2.12. The fourth-order valence-electron chi connectivity index (χ4n) is 1.56. The van der Waals surface area contributed by atoms with E-state index in [9.17, 15) is 14.9 Å². The Kier molecular flexibility index (Phi) is 4.49. The van der Waals surface area contributed by atoms with Crippen LogP contribution in [0.4, 0.5) is 10.1 Å². The molecule has 0 saturated carbocycles. The molecule has 1 heterocycles. The Labute approximate surface area is 124 Å². The van der Waals surface area contributed by atoms with E-state index in [0.29, 0.717) is 11.3 Å². The van der Waals surface area contributed by atoms with Crippen LogP contribution >= 0.6 is 11.3 Å². The molecule has 21 heavy (non-hydrogen) atoms. The third-order valence-corrected chi connectivity index (χ3v) is 3.23. The first-order valence-corrected chi connectivity index (χ1v) is 6.95. The molecule has 1 aromatic carbocycles. The van der Waals surface area contributed by atoms with Crippen molar-refractivity contribution in [3.63, 3.8) is 0 Å². The number of anilines is 1. The number of carbonyl (C=O) groups excluding carboxylic acids is 1. The number of aromatic nitrogens is 1. The summed E-state index contributed by atoms with van der Waals surface area (Å²) < 4.78 is 5.51. The van der Waals surface area contributed by atoms with Gasteiger partial charge in [-0.3, -0.25) is 20.2 Å². The first-order chi connectivity index (χ1) is 9.95. The Balaban J connectivity index is 2.10. The van der Waals surface area contributed by atoms with Crippen LogP contribution in [0.1, 0.15) is 24.2 Å². The number of ether oxygens (including phenoxy) is 1. The highest BCUT2D eigenvalue weighted by Crippen LogP contribution is 2.25. The van der Waals surface area contributed by atoms with Crippen LogP contribution in [0.3, 0.4) is 0 Å². The van der Waals surface area contributed by atoms with Gasteiger partial charge in [-0.15, -0.1) is 0 Å². The number of carbonyl (C=O) groups is 1. The lowest BCUT2D eigenvalue weighted by molar-refractivity contribution is -0.380. The van der Waals surface area contributed by atoms with Crippen molar-refractivity contribution in [3.05, 3.63) is 46.1 Å². The van der Waals surface area contributed by atoms with E-state index in [1.165, 1.54) is 0 Å². The van der Waals surface area contributed by atoms with Crippen molar-refractivity contribution in [2.75, 3.05) is 5.32 Å². The third kappa shape index (κ3) is 3.99. The molecule has 0 radical (unpaired) electrons. The minimum absolute atomic E-state index is 0.00456. The number of amides is 1. The number of nitrogens with zero attached hydrogens (tertiary/aromatic N) is 2. The van der Waals surface area contributed by atoms with Crippen molar-refractivity contribution in [1.82, 2.24) is 4.98 Å². The molecule has 0 atom stereocenters. The van der Waals surface area contributed by atoms with Crippen LogP contribution in [-0.4, -0.2) is 21.9 Å². The first kappa shape index (κ1) is 14.9. The molecule has 0 unspecified atom stereocenters. The van der Waals surface area contributed by atoms with Crippen LogP contribution in [0.2, 0.25) is 0 Å². The molecular formula is C13H13N3O4S. The zero-order valence-corrected chi connectivity index (χ0v) is 12.2. The van der Waals surface area contributed by atoms with Crippen molar-refractivity contribution >= 4 is 27.4 Å². The smallest absolute Gasteiger partial charge is 0.345 e. The number of benzene rings is 1. The van der Waals surface area contributed by atoms with Crippen LogP contribution in [-0.2, 0) is 0 Å². The van der Waals surface area contributed by atoms with E-state index in [0.717, 1.165) is 17.5 Å². The van der Waals surface area contributed by atoms with Crippen LogP contribution in [0, 0.1) is 10.1 Å². The van der Waals surface area contributed by atoms with Gasteiger partial charge in [-0.1, -0.05) is 6.07 Å². The minimum atomic E-state index is -0.551. The largest absolute Gasteiger partial charge is 0.491 e. The summed E-state index contributed by atoms with van der Waals surface area (Å²) in [6.07, 6.45) is 1.11. The fourth-order valence-corrected chi connectivity index (χ4v) is 2.19. The molecular weight excluding hydrogens is 294 g/mol. The van der Waals surface area contributed by atoms with Gasteiger partial charge in [-0.2, -0.15) is 0 Å². The van der Waals surface area contributed by atoms with Gasteiger partial charge in [0.25, 0.3) is 5.91 Å². The summed E-state index contributed by atoms with van der Waals surface area (Å²) in [4.78, 5) is 25.9. The summed E-state index contributed by atoms with van der Waals surface area (Å²) in [5.41, 5.74) is 0.394. The quantitative estimate of drug-likeness (QED) is 0.676. The molecule has 1 N–H and O–H groups in total. The summed E-state index contributed by atoms with van der Waals surface area (Å²) in [7, 11) is 0. The van der Waals surface area contributed by atoms with Gasteiger partial charge in [0.15, 0.2) is 5.13 Å². The van der Waals surface area contributed by atoms with Crippen molar-refractivity contribution < 1.29 is 14.5 Å². The predicted molar refractivity (Wildman–Crippen MR) is 78.9 cm³/mol. The highest BCUT2D eigenvalue weighted by molar-refractivity contribution is 7.18. The average molecular weight is 307 g/mol. The number of thiazole rings is 1. The standard InChI is InChI=1S/C13H13N3O4S/c1-8(2)20-10-5-3-4-9(6-10)12(17)15-13-14-7-11(21-13)16(18)19/h3-8H,1-2H3,(H,14,15,17). The van der Waals surface area contributed by atoms with E-state index in [4.69, 9.17) is 4.74 Å². The molecule has 0 fully saturated rings. The second-order valence-corrected chi connectivity index (χ2v) is 5.42. The summed E-state index contributed by atoms with van der Waals surface area (Å²) in [6.45, 7) is 3.78. The van der Waals surface area contributed by atoms with Gasteiger partial charge >= 0.3 is 5.00 Å². The second kappa shape index (κ2) is 6.31. The fraction of sp³-hybridized carbons (Fsp3) is 0.231. The molecule has 0 aliphatic rings. The number of nitro groups is 1. The maximum Gasteiger partial charge on any atom is 0.345 e. The average Bonchev–Trinajstić information content (AvgIpc) is 2.87. The molecule has 0 aliphatic carbocycles. The molecule has 8 heteroatoms. The van der Waals surface area contributed by atoms with Gasteiger partial charge in [0.1, 0.15) is 11.9 Å². The van der Waals surface area contributed by atoms with Crippen LogP contribution < -0.4 is 10.1 Å². The van der Waals surface area contributed by atoms with Crippen LogP contribution in [0.15, 0.2) is 30.5 Å². The molecule has 1 amide bonds. The molecule has 110 valence electrons. The number of hydrogen-bond donors (Lipinski definition) is 1. The lowest BCUT2D eigenvalue weighted by Gasteiger charge is -2.10. The topological polar surface area (TPSA) is 94.4 Å². The molecule has 0 spiro atoms. The van der Waals surface area contributed by atoms with E-state index in [2.05, 4.69) is 10.3 Å². The summed E-state index contributed by atoms with van der Waals surface area (Å²) in [6, 6.07) is 6.70. The SMILES string of the molecule is CC(C)Oc1cccc(C(=O)Nc2ncc([N+](=O)[O-])s2)c1. The first-order valence-electron chi connectivity index (χ1n) is 6.14. The maximum absolute atomic E-state index is 12.1. The predicted octanol–water partition coefficient (Wildman–Crippen LogP) is 3.09. The highest BCUT2D eigenvalue weighted by Gasteiger charge is 2.14. The Morgan fingerprint density at radius 2 is 2.24 bits per heavy atom. The molecule has 2 rings (SSSR count). The maximum atomic E-state index is 12.1. The zero-order valence-electron chi connectivity index (χ0n) is 11.4. The number of nitrogens with one attached hydrogen (secondary N) is 1. The Hall–Kier alpha value is -2.48. The van der Waals surface area contributed by atoms with Crippen molar-refractivity contribution in [1.29, 1.82) is 0 Å². The number of hydrogen-bond acceptors (Lipinski definition) is 6. The Morgan fingerprint density at radius 1 is 1.48 bits per heavy atom. The highest BCUT2D eigenvalue weighted by atomic mass is 32.1. The van der Waals surface area contributed by atoms with Gasteiger partial charge in [0.05, 0.1) is 11.0 Å². The molecule has 0 aliphatic heterocycles. The molecule has 0 saturated heterocycles. The summed E-state index contributed by atoms with van der Waals surface area (Å²) in [5, 5.41) is 13.1. The van der Waals surface area contributed by atoms with Gasteiger partial charge in [0, 0.05) is 5.56 Å². The summed E-state index contributed by atoms with van der Waals surface area (Å²) >= 11 is 0.805. The van der Waals surface area contributed by atoms with Gasteiger partial charge in [0.2, 0.25) is 0 Å². The van der Waals surface area contributed by atoms with E-state index in [-0.39, 0.29) is 16.2 Å². The third-order valence-electron chi connectivity index (χ3n) is 2.36. The Morgan fingerprint density at radius 3 is 2.86 bits per heavy atom. The van der Waals surface area contributed by atoms with Crippen molar-refractivity contribution in [2.45, 2.75) is 20.0 Å². The minimum Gasteiger partial charge on any atom is -0.491 e. The molecule has 2 aromatic rings. The lowest BCUT2D eigenvalue weighted by atomic mass is 10.2. The molecule has 0 bridgehead atoms. The van der Waals surface area contributed by atoms with Crippen LogP contribution in [0.25, 0.3) is 0 Å². The Bertz CT molecular complexity index is 669. The van der Waals surface area contributed by atoms with E-state index < -0.39 is 10.8 Å². The van der Waals surface area contributed by atoms with Gasteiger partial charge < -0.3 is 4.74 Å². The zero-order chi connectivity index (χ0) is 15.4. The number of rotatable bonds is 5.